The Morgan fingerprint density at radius 2 is 1.62 bits per heavy atom. The lowest BCUT2D eigenvalue weighted by Crippen LogP contribution is -2.60. The molecule has 1 fully saturated rings. The predicted octanol–water partition coefficient (Wildman–Crippen LogP) is 1.31. The van der Waals surface area contributed by atoms with Crippen LogP contribution < -0.4 is 0 Å². The molecule has 0 bridgehead atoms. The maximum absolute atomic E-state index is 11.5. The van der Waals surface area contributed by atoms with Crippen LogP contribution in [-0.4, -0.2) is 64.8 Å². The fourth-order valence-corrected chi connectivity index (χ4v) is 2.82. The van der Waals surface area contributed by atoms with Crippen LogP contribution >= 0.6 is 34.8 Å². The van der Waals surface area contributed by atoms with Gasteiger partial charge < -0.3 is 23.7 Å². The summed E-state index contributed by atoms with van der Waals surface area (Å²) in [5.74, 6) is -2.15. The molecule has 0 saturated carbocycles. The van der Waals surface area contributed by atoms with Gasteiger partial charge in [0, 0.05) is 20.8 Å². The average Bonchev–Trinajstić information content (AvgIpc) is 2.90. The summed E-state index contributed by atoms with van der Waals surface area (Å²) >= 11 is 17.3. The lowest BCUT2D eigenvalue weighted by molar-refractivity contribution is -0.249. The van der Waals surface area contributed by atoms with Crippen LogP contribution in [0.2, 0.25) is 0 Å². The van der Waals surface area contributed by atoms with Crippen molar-refractivity contribution in [2.45, 2.75) is 55.2 Å². The first kappa shape index (κ1) is 21.0. The zero-order valence-corrected chi connectivity index (χ0v) is 16.2. The van der Waals surface area contributed by atoms with Crippen molar-refractivity contribution >= 4 is 58.6 Å². The van der Waals surface area contributed by atoms with Gasteiger partial charge in [-0.1, -0.05) is 34.8 Å². The summed E-state index contributed by atoms with van der Waals surface area (Å²) in [4.78, 5) is 38.2. The maximum Gasteiger partial charge on any atom is 0.303 e. The van der Waals surface area contributed by atoms with Crippen molar-refractivity contribution in [1.82, 2.24) is 0 Å². The van der Waals surface area contributed by atoms with Gasteiger partial charge in [0.2, 0.25) is 12.2 Å². The van der Waals surface area contributed by atoms with E-state index in [-0.39, 0.29) is 12.5 Å². The molecule has 0 N–H and O–H groups in total. The SMILES string of the molecule is CC(=O)OC[C@H]1O[C@H]2OC(C(Cl)(Cl)Cl)=N[C@H]2[C@@H](OC(C)=O)[C@H]1OC(C)=O. The first-order valence-corrected chi connectivity index (χ1v) is 8.57. The van der Waals surface area contributed by atoms with Crippen molar-refractivity contribution in [3.05, 3.63) is 0 Å². The smallest absolute Gasteiger partial charge is 0.303 e. The Balaban J connectivity index is 2.34. The lowest BCUT2D eigenvalue weighted by Gasteiger charge is -2.40. The van der Waals surface area contributed by atoms with Gasteiger partial charge in [-0.25, -0.2) is 4.99 Å². The van der Waals surface area contributed by atoms with Crippen LogP contribution in [-0.2, 0) is 38.1 Å². The van der Waals surface area contributed by atoms with Gasteiger partial charge in [-0.3, -0.25) is 14.4 Å². The molecule has 26 heavy (non-hydrogen) atoms. The fraction of sp³-hybridized carbons (Fsp3) is 0.714. The van der Waals surface area contributed by atoms with Crippen molar-refractivity contribution in [1.29, 1.82) is 0 Å². The standard InChI is InChI=1S/C14H16Cl3NO8/c1-5(19)22-4-8-10(23-6(2)20)11(24-7(3)21)9-12(25-8)26-13(18-9)14(15,16)17/h8-12H,4H2,1-3H3/t8-,9+,10+,11-,12+/m1/s1. The highest BCUT2D eigenvalue weighted by atomic mass is 35.6. The van der Waals surface area contributed by atoms with E-state index in [2.05, 4.69) is 4.99 Å². The number of carbonyl (C=O) groups is 3. The number of rotatable bonds is 4. The normalized spacial score (nSPS) is 30.5. The number of nitrogens with zero attached hydrogens (tertiary/aromatic N) is 1. The number of fused-ring (bicyclic) bond motifs is 1. The Labute approximate surface area is 163 Å². The largest absolute Gasteiger partial charge is 0.463 e. The molecule has 12 heteroatoms. The quantitative estimate of drug-likeness (QED) is 0.371. The van der Waals surface area contributed by atoms with E-state index in [1.807, 2.05) is 0 Å². The molecule has 0 amide bonds. The molecule has 0 aromatic heterocycles. The van der Waals surface area contributed by atoms with E-state index in [1.54, 1.807) is 0 Å². The van der Waals surface area contributed by atoms with E-state index in [0.29, 0.717) is 0 Å². The van der Waals surface area contributed by atoms with Gasteiger partial charge in [0.15, 0.2) is 18.2 Å². The second kappa shape index (κ2) is 8.16. The van der Waals surface area contributed by atoms with Crippen LogP contribution in [0.4, 0.5) is 0 Å². The second-order valence-corrected chi connectivity index (χ2v) is 7.82. The molecule has 0 aromatic rings. The van der Waals surface area contributed by atoms with Crippen LogP contribution in [0, 0.1) is 0 Å². The third kappa shape index (κ3) is 5.12. The van der Waals surface area contributed by atoms with Crippen LogP contribution in [0.25, 0.3) is 0 Å². The van der Waals surface area contributed by atoms with Gasteiger partial charge in [0.25, 0.3) is 3.79 Å². The van der Waals surface area contributed by atoms with Crippen LogP contribution in [0.3, 0.4) is 0 Å². The Bertz CT molecular complexity index is 620. The molecule has 0 aliphatic carbocycles. The Hall–Kier alpha value is -1.29. The minimum Gasteiger partial charge on any atom is -0.463 e. The second-order valence-electron chi connectivity index (χ2n) is 5.53. The Kier molecular flexibility index (Phi) is 6.60. The molecule has 2 heterocycles. The van der Waals surface area contributed by atoms with Crippen molar-refractivity contribution in [3.63, 3.8) is 0 Å². The van der Waals surface area contributed by atoms with Crippen LogP contribution in [0.5, 0.6) is 0 Å². The van der Waals surface area contributed by atoms with E-state index in [1.165, 1.54) is 20.8 Å². The molecule has 2 aliphatic heterocycles. The fourth-order valence-electron chi connectivity index (χ4n) is 2.54. The number of ether oxygens (including phenoxy) is 5. The van der Waals surface area contributed by atoms with E-state index in [9.17, 15) is 14.4 Å². The molecule has 9 nitrogen and oxygen atoms in total. The molecule has 2 rings (SSSR count). The van der Waals surface area contributed by atoms with Crippen LogP contribution in [0.1, 0.15) is 20.8 Å². The summed E-state index contributed by atoms with van der Waals surface area (Å²) in [6, 6.07) is -0.942. The number of aliphatic imine (C=N–C) groups is 1. The predicted molar refractivity (Wildman–Crippen MR) is 89.0 cm³/mol. The topological polar surface area (TPSA) is 110 Å². The van der Waals surface area contributed by atoms with Gasteiger partial charge in [-0.05, 0) is 0 Å². The van der Waals surface area contributed by atoms with Gasteiger partial charge in [0.05, 0.1) is 0 Å². The van der Waals surface area contributed by atoms with Gasteiger partial charge >= 0.3 is 17.9 Å². The molecule has 1 saturated heterocycles. The third-order valence-electron chi connectivity index (χ3n) is 3.41. The van der Waals surface area contributed by atoms with Crippen molar-refractivity contribution in [3.8, 4) is 0 Å². The van der Waals surface area contributed by atoms with E-state index < -0.39 is 52.3 Å². The third-order valence-corrected chi connectivity index (χ3v) is 3.89. The zero-order chi connectivity index (χ0) is 19.6. The molecule has 0 unspecified atom stereocenters. The zero-order valence-electron chi connectivity index (χ0n) is 13.9. The highest BCUT2D eigenvalue weighted by Gasteiger charge is 2.56. The highest BCUT2D eigenvalue weighted by Crippen LogP contribution is 2.38. The first-order chi connectivity index (χ1) is 12.0. The van der Waals surface area contributed by atoms with Gasteiger partial charge in [-0.2, -0.15) is 0 Å². The maximum atomic E-state index is 11.5. The summed E-state index contributed by atoms with van der Waals surface area (Å²) in [7, 11) is 0. The van der Waals surface area contributed by atoms with Crippen molar-refractivity contribution < 1.29 is 38.1 Å². The molecule has 0 aromatic carbocycles. The average molecular weight is 433 g/mol. The van der Waals surface area contributed by atoms with Crippen LogP contribution in [0.15, 0.2) is 4.99 Å². The first-order valence-electron chi connectivity index (χ1n) is 7.44. The number of alkyl halides is 3. The highest BCUT2D eigenvalue weighted by molar-refractivity contribution is 6.76. The number of carbonyl (C=O) groups excluding carboxylic acids is 3. The monoisotopic (exact) mass is 431 g/mol. The van der Waals surface area contributed by atoms with Crippen molar-refractivity contribution in [2.75, 3.05) is 6.61 Å². The van der Waals surface area contributed by atoms with Crippen molar-refractivity contribution in [2.24, 2.45) is 4.99 Å². The summed E-state index contributed by atoms with van der Waals surface area (Å²) in [6.45, 7) is 3.26. The molecular formula is C14H16Cl3NO8. The molecule has 0 spiro atoms. The molecule has 2 aliphatic rings. The van der Waals surface area contributed by atoms with E-state index in [4.69, 9.17) is 58.5 Å². The minimum absolute atomic E-state index is 0.260. The summed E-state index contributed by atoms with van der Waals surface area (Å²) in [5.41, 5.74) is 0. The van der Waals surface area contributed by atoms with Gasteiger partial charge in [0.1, 0.15) is 12.7 Å². The summed E-state index contributed by atoms with van der Waals surface area (Å²) in [5, 5.41) is 0. The lowest BCUT2D eigenvalue weighted by atomic mass is 9.97. The number of halogens is 3. The molecule has 5 atom stereocenters. The number of esters is 3. The number of hydrogen-bond acceptors (Lipinski definition) is 9. The molecule has 146 valence electrons. The van der Waals surface area contributed by atoms with E-state index in [0.717, 1.165) is 0 Å². The number of hydrogen-bond donors (Lipinski definition) is 0. The Morgan fingerprint density at radius 1 is 1.04 bits per heavy atom. The van der Waals surface area contributed by atoms with E-state index >= 15 is 0 Å². The Morgan fingerprint density at radius 3 is 2.12 bits per heavy atom. The minimum atomic E-state index is -1.97. The molecular weight excluding hydrogens is 417 g/mol. The molecule has 0 radical (unpaired) electrons. The summed E-state index contributed by atoms with van der Waals surface area (Å²) < 4.78 is 24.5. The summed E-state index contributed by atoms with van der Waals surface area (Å²) in [6.07, 6.45) is -4.28. The van der Waals surface area contributed by atoms with Gasteiger partial charge in [-0.15, -0.1) is 0 Å².